The Morgan fingerprint density at radius 2 is 2.33 bits per heavy atom. The van der Waals surface area contributed by atoms with Crippen molar-refractivity contribution in [3.63, 3.8) is 0 Å². The van der Waals surface area contributed by atoms with Crippen LogP contribution in [0.3, 0.4) is 0 Å². The molecule has 0 spiro atoms. The third-order valence-electron chi connectivity index (χ3n) is 3.18. The molecule has 0 unspecified atom stereocenters. The van der Waals surface area contributed by atoms with Crippen LogP contribution in [0.4, 0.5) is 0 Å². The molecule has 0 aliphatic heterocycles. The first-order valence-electron chi connectivity index (χ1n) is 6.01. The molecule has 1 aliphatic carbocycles. The molecule has 0 atom stereocenters. The highest BCUT2D eigenvalue weighted by Crippen LogP contribution is 2.31. The number of carbonyl (C=O) groups excluding carboxylic acids is 1. The topological polar surface area (TPSA) is 62.2 Å². The molecule has 1 saturated carbocycles. The Balaban J connectivity index is 2.02. The first-order chi connectivity index (χ1) is 8.63. The molecule has 18 heavy (non-hydrogen) atoms. The zero-order chi connectivity index (χ0) is 13.0. The van der Waals surface area contributed by atoms with Gasteiger partial charge in [-0.2, -0.15) is 0 Å². The molecule has 1 fully saturated rings. The summed E-state index contributed by atoms with van der Waals surface area (Å²) in [5.74, 6) is 5.13. The number of aromatic nitrogens is 1. The second-order valence-electron chi connectivity index (χ2n) is 4.76. The van der Waals surface area contributed by atoms with Gasteiger partial charge in [0.2, 0.25) is 0 Å². The minimum Gasteiger partial charge on any atom is -0.384 e. The highest BCUT2D eigenvalue weighted by atomic mass is 16.2. The summed E-state index contributed by atoms with van der Waals surface area (Å²) in [5.41, 5.74) is 1.03. The van der Waals surface area contributed by atoms with Crippen LogP contribution in [0.25, 0.3) is 0 Å². The van der Waals surface area contributed by atoms with Crippen molar-refractivity contribution in [3.05, 3.63) is 29.6 Å². The van der Waals surface area contributed by atoms with Crippen molar-refractivity contribution in [2.75, 3.05) is 6.61 Å². The van der Waals surface area contributed by atoms with Crippen LogP contribution in [0.2, 0.25) is 0 Å². The van der Waals surface area contributed by atoms with Crippen molar-refractivity contribution in [2.45, 2.75) is 31.7 Å². The van der Waals surface area contributed by atoms with Gasteiger partial charge in [-0.1, -0.05) is 11.8 Å². The van der Waals surface area contributed by atoms with Gasteiger partial charge >= 0.3 is 0 Å². The maximum Gasteiger partial charge on any atom is 0.270 e. The van der Waals surface area contributed by atoms with E-state index in [1.807, 2.05) is 0 Å². The maximum absolute atomic E-state index is 11.9. The summed E-state index contributed by atoms with van der Waals surface area (Å²) in [5, 5.41) is 11.6. The fourth-order valence-corrected chi connectivity index (χ4v) is 1.91. The van der Waals surface area contributed by atoms with Gasteiger partial charge in [-0.25, -0.2) is 4.98 Å². The maximum atomic E-state index is 11.9. The van der Waals surface area contributed by atoms with E-state index < -0.39 is 0 Å². The molecule has 1 aromatic rings. The van der Waals surface area contributed by atoms with Crippen molar-refractivity contribution < 1.29 is 9.90 Å². The van der Waals surface area contributed by atoms with Crippen molar-refractivity contribution in [2.24, 2.45) is 0 Å². The highest BCUT2D eigenvalue weighted by Gasteiger charge is 2.33. The summed E-state index contributed by atoms with van der Waals surface area (Å²) in [7, 11) is 0. The molecule has 1 heterocycles. The van der Waals surface area contributed by atoms with Crippen LogP contribution in [0.1, 0.15) is 42.2 Å². The van der Waals surface area contributed by atoms with Crippen LogP contribution in [0.5, 0.6) is 0 Å². The number of hydrogen-bond donors (Lipinski definition) is 2. The molecule has 1 aliphatic rings. The summed E-state index contributed by atoms with van der Waals surface area (Å²) in [6.07, 6.45) is 4.76. The monoisotopic (exact) mass is 244 g/mol. The number of aliphatic hydroxyl groups excluding tert-OH is 1. The number of hydrogen-bond acceptors (Lipinski definition) is 3. The fraction of sp³-hybridized carbons (Fsp3) is 0.429. The van der Waals surface area contributed by atoms with Crippen LogP contribution in [-0.4, -0.2) is 28.1 Å². The molecule has 0 saturated heterocycles. The predicted molar refractivity (Wildman–Crippen MR) is 67.9 cm³/mol. The Morgan fingerprint density at radius 1 is 1.56 bits per heavy atom. The lowest BCUT2D eigenvalue weighted by molar-refractivity contribution is 0.0845. The minimum atomic E-state index is -0.180. The Labute approximate surface area is 106 Å². The molecular weight excluding hydrogens is 228 g/mol. The van der Waals surface area contributed by atoms with Gasteiger partial charge in [0.15, 0.2) is 0 Å². The molecule has 0 radical (unpaired) electrons. The van der Waals surface area contributed by atoms with Crippen LogP contribution < -0.4 is 5.32 Å². The fourth-order valence-electron chi connectivity index (χ4n) is 1.91. The SMILES string of the molecule is CC1(NC(=O)c2ccc(C#CCO)cn2)CCC1. The number of pyridine rings is 1. The van der Waals surface area contributed by atoms with Gasteiger partial charge in [0, 0.05) is 17.3 Å². The third kappa shape index (κ3) is 2.88. The predicted octanol–water partition coefficient (Wildman–Crippen LogP) is 1.10. The first kappa shape index (κ1) is 12.6. The zero-order valence-corrected chi connectivity index (χ0v) is 10.4. The number of nitrogens with one attached hydrogen (secondary N) is 1. The second kappa shape index (κ2) is 5.19. The van der Waals surface area contributed by atoms with Crippen molar-refractivity contribution in [1.29, 1.82) is 0 Å². The van der Waals surface area contributed by atoms with Gasteiger partial charge < -0.3 is 10.4 Å². The molecule has 4 heteroatoms. The van der Waals surface area contributed by atoms with Gasteiger partial charge in [0.1, 0.15) is 12.3 Å². The number of nitrogens with zero attached hydrogens (tertiary/aromatic N) is 1. The Hall–Kier alpha value is -1.86. The molecule has 0 bridgehead atoms. The number of rotatable bonds is 2. The smallest absolute Gasteiger partial charge is 0.270 e. The minimum absolute atomic E-state index is 0.0614. The van der Waals surface area contributed by atoms with E-state index in [4.69, 9.17) is 5.11 Å². The van der Waals surface area contributed by atoms with Crippen LogP contribution >= 0.6 is 0 Å². The molecule has 0 aromatic carbocycles. The summed E-state index contributed by atoms with van der Waals surface area (Å²) in [4.78, 5) is 16.0. The number of amides is 1. The summed E-state index contributed by atoms with van der Waals surface area (Å²) >= 11 is 0. The number of aliphatic hydroxyl groups is 1. The summed E-state index contributed by atoms with van der Waals surface area (Å²) in [6.45, 7) is 1.87. The average molecular weight is 244 g/mol. The normalized spacial score (nSPS) is 16.1. The summed E-state index contributed by atoms with van der Waals surface area (Å²) < 4.78 is 0. The van der Waals surface area contributed by atoms with Crippen molar-refractivity contribution in [3.8, 4) is 11.8 Å². The number of carbonyl (C=O) groups is 1. The molecule has 2 rings (SSSR count). The first-order valence-corrected chi connectivity index (χ1v) is 6.01. The molecule has 94 valence electrons. The average Bonchev–Trinajstić information content (AvgIpc) is 2.35. The largest absolute Gasteiger partial charge is 0.384 e. The van der Waals surface area contributed by atoms with Gasteiger partial charge in [0.25, 0.3) is 5.91 Å². The van der Waals surface area contributed by atoms with E-state index >= 15 is 0 Å². The lowest BCUT2D eigenvalue weighted by Gasteiger charge is -2.38. The molecule has 1 aromatic heterocycles. The van der Waals surface area contributed by atoms with E-state index in [1.54, 1.807) is 18.3 Å². The molecule has 2 N–H and O–H groups in total. The second-order valence-corrected chi connectivity index (χ2v) is 4.76. The van der Waals surface area contributed by atoms with Crippen LogP contribution in [-0.2, 0) is 0 Å². The van der Waals surface area contributed by atoms with E-state index in [0.29, 0.717) is 11.3 Å². The van der Waals surface area contributed by atoms with E-state index in [-0.39, 0.29) is 18.1 Å². The van der Waals surface area contributed by atoms with Gasteiger partial charge in [-0.05, 0) is 38.3 Å². The quantitative estimate of drug-likeness (QED) is 0.766. The van der Waals surface area contributed by atoms with Crippen LogP contribution in [0.15, 0.2) is 18.3 Å². The van der Waals surface area contributed by atoms with Crippen molar-refractivity contribution >= 4 is 5.91 Å². The molecule has 1 amide bonds. The highest BCUT2D eigenvalue weighted by molar-refractivity contribution is 5.92. The Kier molecular flexibility index (Phi) is 3.63. The van der Waals surface area contributed by atoms with Gasteiger partial charge in [-0.15, -0.1) is 0 Å². The molecule has 4 nitrogen and oxygen atoms in total. The van der Waals surface area contributed by atoms with Gasteiger partial charge in [-0.3, -0.25) is 4.79 Å². The lowest BCUT2D eigenvalue weighted by Crippen LogP contribution is -2.51. The van der Waals surface area contributed by atoms with E-state index in [9.17, 15) is 4.79 Å². The molecular formula is C14H16N2O2. The standard InChI is InChI=1S/C14H16N2O2/c1-14(7-3-8-14)16-13(18)12-6-5-11(10-15-12)4-2-9-17/h5-6,10,17H,3,7-9H2,1H3,(H,16,18). The third-order valence-corrected chi connectivity index (χ3v) is 3.18. The van der Waals surface area contributed by atoms with E-state index in [0.717, 1.165) is 12.8 Å². The van der Waals surface area contributed by atoms with Crippen LogP contribution in [0, 0.1) is 11.8 Å². The zero-order valence-electron chi connectivity index (χ0n) is 10.4. The lowest BCUT2D eigenvalue weighted by atomic mass is 9.78. The summed E-state index contributed by atoms with van der Waals surface area (Å²) in [6, 6.07) is 3.38. The van der Waals surface area contributed by atoms with Gasteiger partial charge in [0.05, 0.1) is 0 Å². The Morgan fingerprint density at radius 3 is 2.83 bits per heavy atom. The van der Waals surface area contributed by atoms with E-state index in [1.165, 1.54) is 6.42 Å². The van der Waals surface area contributed by atoms with Crippen molar-refractivity contribution in [1.82, 2.24) is 10.3 Å². The Bertz CT molecular complexity index is 493. The van der Waals surface area contributed by atoms with E-state index in [2.05, 4.69) is 29.1 Å².